The Balaban J connectivity index is 2.26. The van der Waals surface area contributed by atoms with Crippen LogP contribution in [0, 0.1) is 5.92 Å². The highest BCUT2D eigenvalue weighted by molar-refractivity contribution is 5.74. The summed E-state index contributed by atoms with van der Waals surface area (Å²) in [5.74, 6) is 0.474. The summed E-state index contributed by atoms with van der Waals surface area (Å²) in [7, 11) is 1.70. The Hall–Kier alpha value is -0.610. The third kappa shape index (κ3) is 4.07. The highest BCUT2D eigenvalue weighted by Crippen LogP contribution is 2.32. The molecule has 0 aliphatic heterocycles. The van der Waals surface area contributed by atoms with Crippen molar-refractivity contribution in [3.8, 4) is 0 Å². The van der Waals surface area contributed by atoms with Crippen molar-refractivity contribution in [2.24, 2.45) is 11.7 Å². The first kappa shape index (κ1) is 11.5. The Bertz CT molecular complexity index is 193. The summed E-state index contributed by atoms with van der Waals surface area (Å²) >= 11 is 0. The van der Waals surface area contributed by atoms with Gasteiger partial charge in [-0.1, -0.05) is 0 Å². The number of nitrogens with two attached hydrogens (primary N) is 1. The van der Waals surface area contributed by atoms with E-state index in [1.54, 1.807) is 7.11 Å². The summed E-state index contributed by atoms with van der Waals surface area (Å²) in [6, 6.07) is 0.530. The van der Waals surface area contributed by atoms with Crippen LogP contribution in [0.15, 0.2) is 0 Å². The molecule has 0 aromatic carbocycles. The predicted octanol–water partition coefficient (Wildman–Crippen LogP) is 0.265. The molecule has 0 radical (unpaired) electrons. The Labute approximate surface area is 85.2 Å². The molecule has 2 unspecified atom stereocenters. The number of primary amides is 1. The molecule has 0 aromatic rings. The number of carbonyl (C=O) groups excluding carboxylic acids is 1. The van der Waals surface area contributed by atoms with Crippen LogP contribution in [0.2, 0.25) is 0 Å². The molecule has 3 N–H and O–H groups in total. The maximum atomic E-state index is 10.7. The van der Waals surface area contributed by atoms with Gasteiger partial charge in [-0.3, -0.25) is 4.79 Å². The van der Waals surface area contributed by atoms with Gasteiger partial charge in [-0.05, 0) is 25.7 Å². The number of amides is 1. The fraction of sp³-hybridized carbons (Fsp3) is 0.900. The van der Waals surface area contributed by atoms with Crippen molar-refractivity contribution in [1.82, 2.24) is 5.32 Å². The molecule has 0 bridgehead atoms. The molecule has 1 aliphatic carbocycles. The zero-order chi connectivity index (χ0) is 10.6. The second-order valence-electron chi connectivity index (χ2n) is 4.14. The lowest BCUT2D eigenvalue weighted by molar-refractivity contribution is -0.118. The van der Waals surface area contributed by atoms with Crippen LogP contribution in [0.5, 0.6) is 0 Å². The fourth-order valence-electron chi connectivity index (χ4n) is 1.72. The molecule has 4 nitrogen and oxygen atoms in total. The zero-order valence-corrected chi connectivity index (χ0v) is 8.95. The number of ether oxygens (including phenoxy) is 1. The average molecular weight is 200 g/mol. The lowest BCUT2D eigenvalue weighted by atomic mass is 10.1. The average Bonchev–Trinajstić information content (AvgIpc) is 2.83. The first-order valence-corrected chi connectivity index (χ1v) is 5.16. The van der Waals surface area contributed by atoms with Gasteiger partial charge >= 0.3 is 0 Å². The normalized spacial score (nSPS) is 20.4. The molecule has 0 saturated heterocycles. The second-order valence-corrected chi connectivity index (χ2v) is 4.14. The summed E-state index contributed by atoms with van der Waals surface area (Å²) in [6.07, 6.45) is 2.93. The van der Waals surface area contributed by atoms with Gasteiger partial charge in [-0.15, -0.1) is 0 Å². The fourth-order valence-corrected chi connectivity index (χ4v) is 1.72. The van der Waals surface area contributed by atoms with Crippen molar-refractivity contribution >= 4 is 5.91 Å². The van der Waals surface area contributed by atoms with Crippen molar-refractivity contribution in [3.63, 3.8) is 0 Å². The van der Waals surface area contributed by atoms with Crippen LogP contribution in [-0.4, -0.2) is 31.7 Å². The van der Waals surface area contributed by atoms with Gasteiger partial charge in [0.1, 0.15) is 0 Å². The SMILES string of the molecule is COCC(NC(C)CC(N)=O)C1CC1. The van der Waals surface area contributed by atoms with Crippen molar-refractivity contribution in [3.05, 3.63) is 0 Å². The maximum absolute atomic E-state index is 10.7. The molecule has 0 heterocycles. The van der Waals surface area contributed by atoms with Crippen LogP contribution in [-0.2, 0) is 9.53 Å². The van der Waals surface area contributed by atoms with Gasteiger partial charge in [0.15, 0.2) is 0 Å². The van der Waals surface area contributed by atoms with Crippen molar-refractivity contribution < 1.29 is 9.53 Å². The molecule has 2 atom stereocenters. The predicted molar refractivity (Wildman–Crippen MR) is 54.8 cm³/mol. The number of methoxy groups -OCH3 is 1. The number of hydrogen-bond donors (Lipinski definition) is 2. The van der Waals surface area contributed by atoms with Crippen LogP contribution < -0.4 is 11.1 Å². The summed E-state index contributed by atoms with van der Waals surface area (Å²) < 4.78 is 5.13. The number of nitrogens with one attached hydrogen (secondary N) is 1. The van der Waals surface area contributed by atoms with Gasteiger partial charge in [-0.25, -0.2) is 0 Å². The van der Waals surface area contributed by atoms with Crippen LogP contribution in [0.4, 0.5) is 0 Å². The van der Waals surface area contributed by atoms with Gasteiger partial charge in [0.25, 0.3) is 0 Å². The minimum absolute atomic E-state index is 0.147. The van der Waals surface area contributed by atoms with E-state index in [-0.39, 0.29) is 11.9 Å². The van der Waals surface area contributed by atoms with Gasteiger partial charge in [0, 0.05) is 25.6 Å². The molecular formula is C10H20N2O2. The monoisotopic (exact) mass is 200 g/mol. The van der Waals surface area contributed by atoms with E-state index in [9.17, 15) is 4.79 Å². The quantitative estimate of drug-likeness (QED) is 0.620. The minimum atomic E-state index is -0.253. The van der Waals surface area contributed by atoms with Gasteiger partial charge in [0.2, 0.25) is 5.91 Å². The highest BCUT2D eigenvalue weighted by Gasteiger charge is 2.31. The van der Waals surface area contributed by atoms with Crippen molar-refractivity contribution in [2.75, 3.05) is 13.7 Å². The molecule has 1 aliphatic rings. The van der Waals surface area contributed by atoms with E-state index >= 15 is 0 Å². The summed E-state index contributed by atoms with van der Waals surface area (Å²) in [4.78, 5) is 10.7. The Kier molecular flexibility index (Phi) is 4.35. The van der Waals surface area contributed by atoms with E-state index in [4.69, 9.17) is 10.5 Å². The van der Waals surface area contributed by atoms with Crippen LogP contribution in [0.1, 0.15) is 26.2 Å². The Morgan fingerprint density at radius 1 is 1.64 bits per heavy atom. The van der Waals surface area contributed by atoms with Gasteiger partial charge in [0.05, 0.1) is 6.61 Å². The van der Waals surface area contributed by atoms with E-state index in [1.807, 2.05) is 6.92 Å². The lowest BCUT2D eigenvalue weighted by Gasteiger charge is -2.21. The third-order valence-electron chi connectivity index (χ3n) is 2.54. The summed E-state index contributed by atoms with van der Waals surface area (Å²) in [5.41, 5.74) is 5.12. The highest BCUT2D eigenvalue weighted by atomic mass is 16.5. The third-order valence-corrected chi connectivity index (χ3v) is 2.54. The molecule has 0 aromatic heterocycles. The molecule has 4 heteroatoms. The van der Waals surface area contributed by atoms with Crippen LogP contribution >= 0.6 is 0 Å². The zero-order valence-electron chi connectivity index (χ0n) is 8.95. The number of carbonyl (C=O) groups is 1. The molecule has 1 saturated carbocycles. The molecule has 1 amide bonds. The Morgan fingerprint density at radius 3 is 2.71 bits per heavy atom. The number of hydrogen-bond acceptors (Lipinski definition) is 3. The standard InChI is InChI=1S/C10H20N2O2/c1-7(5-10(11)13)12-9(6-14-2)8-3-4-8/h7-9,12H,3-6H2,1-2H3,(H2,11,13). The van der Waals surface area contributed by atoms with E-state index in [0.29, 0.717) is 19.1 Å². The number of rotatable bonds is 7. The Morgan fingerprint density at radius 2 is 2.29 bits per heavy atom. The molecule has 1 fully saturated rings. The first-order valence-electron chi connectivity index (χ1n) is 5.16. The van der Waals surface area contributed by atoms with Gasteiger partial charge in [-0.2, -0.15) is 0 Å². The van der Waals surface area contributed by atoms with Crippen molar-refractivity contribution in [1.29, 1.82) is 0 Å². The molecule has 0 spiro atoms. The maximum Gasteiger partial charge on any atom is 0.218 e. The van der Waals surface area contributed by atoms with E-state index in [2.05, 4.69) is 5.32 Å². The van der Waals surface area contributed by atoms with E-state index in [1.165, 1.54) is 12.8 Å². The summed E-state index contributed by atoms with van der Waals surface area (Å²) in [6.45, 7) is 2.70. The second kappa shape index (κ2) is 5.32. The molecular weight excluding hydrogens is 180 g/mol. The molecule has 14 heavy (non-hydrogen) atoms. The van der Waals surface area contributed by atoms with Crippen LogP contribution in [0.3, 0.4) is 0 Å². The molecule has 1 rings (SSSR count). The van der Waals surface area contributed by atoms with Gasteiger partial charge < -0.3 is 15.8 Å². The largest absolute Gasteiger partial charge is 0.383 e. The van der Waals surface area contributed by atoms with Crippen LogP contribution in [0.25, 0.3) is 0 Å². The van der Waals surface area contributed by atoms with E-state index < -0.39 is 0 Å². The minimum Gasteiger partial charge on any atom is -0.383 e. The summed E-state index contributed by atoms with van der Waals surface area (Å²) in [5, 5.41) is 3.39. The molecule has 82 valence electrons. The lowest BCUT2D eigenvalue weighted by Crippen LogP contribution is -2.42. The first-order chi connectivity index (χ1) is 6.63. The van der Waals surface area contributed by atoms with Crippen molar-refractivity contribution in [2.45, 2.75) is 38.3 Å². The smallest absolute Gasteiger partial charge is 0.218 e. The topological polar surface area (TPSA) is 64.3 Å². The van der Waals surface area contributed by atoms with E-state index in [0.717, 1.165) is 5.92 Å².